The van der Waals surface area contributed by atoms with E-state index in [2.05, 4.69) is 22.6 Å². The highest BCUT2D eigenvalue weighted by Gasteiger charge is 2.22. The lowest BCUT2D eigenvalue weighted by Crippen LogP contribution is -2.13. The van der Waals surface area contributed by atoms with E-state index in [4.69, 9.17) is 30.5 Å². The first-order valence-corrected chi connectivity index (χ1v) is 12.6. The third kappa shape index (κ3) is 6.50. The third-order valence-corrected chi connectivity index (χ3v) is 6.68. The van der Waals surface area contributed by atoms with Crippen molar-refractivity contribution in [1.82, 2.24) is 0 Å². The molecule has 4 aromatic carbocycles. The van der Waals surface area contributed by atoms with Gasteiger partial charge in [0.1, 0.15) is 41.8 Å². The first-order chi connectivity index (χ1) is 17.4. The van der Waals surface area contributed by atoms with Crippen molar-refractivity contribution in [3.05, 3.63) is 116 Å². The standard InChI is InChI=1S/C29H24ClIO5/c1-19-13-23(16-26(33-2)28(19)30)36-29(32)27-24(31)14-22(34-17-20-9-5-3-6-10-20)15-25(27)35-18-21-11-7-4-8-12-21/h3-16H,17-18H2,1-2H3. The molecule has 0 unspecified atom stereocenters. The van der Waals surface area contributed by atoms with Crippen LogP contribution in [0, 0.1) is 10.5 Å². The second kappa shape index (κ2) is 12.1. The second-order valence-electron chi connectivity index (χ2n) is 7.97. The monoisotopic (exact) mass is 614 g/mol. The van der Waals surface area contributed by atoms with Crippen molar-refractivity contribution in [3.8, 4) is 23.0 Å². The summed E-state index contributed by atoms with van der Waals surface area (Å²) in [6.07, 6.45) is 0. The summed E-state index contributed by atoms with van der Waals surface area (Å²) in [6, 6.07) is 26.4. The van der Waals surface area contributed by atoms with E-state index in [1.807, 2.05) is 67.6 Å². The SMILES string of the molecule is COc1cc(OC(=O)c2c(I)cc(OCc3ccccc3)cc2OCc2ccccc2)cc(C)c1Cl. The molecule has 0 saturated heterocycles. The molecule has 0 atom stereocenters. The lowest BCUT2D eigenvalue weighted by Gasteiger charge is -2.16. The molecule has 0 spiro atoms. The molecule has 0 aromatic heterocycles. The summed E-state index contributed by atoms with van der Waals surface area (Å²) < 4.78 is 23.8. The normalized spacial score (nSPS) is 10.6. The molecule has 184 valence electrons. The van der Waals surface area contributed by atoms with Gasteiger partial charge in [-0.25, -0.2) is 4.79 Å². The van der Waals surface area contributed by atoms with Gasteiger partial charge in [-0.1, -0.05) is 72.3 Å². The van der Waals surface area contributed by atoms with Crippen LogP contribution >= 0.6 is 34.2 Å². The Morgan fingerprint density at radius 1 is 0.806 bits per heavy atom. The Kier molecular flexibility index (Phi) is 8.72. The highest BCUT2D eigenvalue weighted by molar-refractivity contribution is 14.1. The van der Waals surface area contributed by atoms with E-state index >= 15 is 0 Å². The number of esters is 1. The fourth-order valence-electron chi connectivity index (χ4n) is 3.50. The van der Waals surface area contributed by atoms with Gasteiger partial charge < -0.3 is 18.9 Å². The van der Waals surface area contributed by atoms with E-state index < -0.39 is 5.97 Å². The van der Waals surface area contributed by atoms with Crippen LogP contribution in [-0.2, 0) is 13.2 Å². The Bertz CT molecular complexity index is 1340. The number of methoxy groups -OCH3 is 1. The largest absolute Gasteiger partial charge is 0.495 e. The van der Waals surface area contributed by atoms with Crippen LogP contribution in [0.15, 0.2) is 84.9 Å². The Labute approximate surface area is 229 Å². The maximum atomic E-state index is 13.3. The average molecular weight is 615 g/mol. The summed E-state index contributed by atoms with van der Waals surface area (Å²) in [4.78, 5) is 13.3. The molecule has 0 aliphatic carbocycles. The minimum atomic E-state index is -0.555. The molecular formula is C29H24ClIO5. The summed E-state index contributed by atoms with van der Waals surface area (Å²) >= 11 is 8.36. The van der Waals surface area contributed by atoms with E-state index in [9.17, 15) is 4.79 Å². The quantitative estimate of drug-likeness (QED) is 0.110. The molecule has 0 aliphatic heterocycles. The molecule has 4 aromatic rings. The van der Waals surface area contributed by atoms with E-state index in [0.717, 1.165) is 16.7 Å². The molecule has 0 amide bonds. The number of ether oxygens (including phenoxy) is 4. The second-order valence-corrected chi connectivity index (χ2v) is 9.51. The van der Waals surface area contributed by atoms with E-state index in [1.165, 1.54) is 7.11 Å². The van der Waals surface area contributed by atoms with Crippen LogP contribution in [0.3, 0.4) is 0 Å². The molecule has 36 heavy (non-hydrogen) atoms. The number of carbonyl (C=O) groups excluding carboxylic acids is 1. The van der Waals surface area contributed by atoms with E-state index in [-0.39, 0.29) is 6.61 Å². The number of carbonyl (C=O) groups is 1. The van der Waals surface area contributed by atoms with Crippen LogP contribution in [0.5, 0.6) is 23.0 Å². The zero-order valence-electron chi connectivity index (χ0n) is 19.8. The zero-order valence-corrected chi connectivity index (χ0v) is 22.7. The molecule has 0 aliphatic rings. The van der Waals surface area contributed by atoms with Gasteiger partial charge in [-0.05, 0) is 58.3 Å². The minimum absolute atomic E-state index is 0.285. The summed E-state index contributed by atoms with van der Waals surface area (Å²) in [5.74, 6) is 1.16. The van der Waals surface area contributed by atoms with Gasteiger partial charge in [0, 0.05) is 15.7 Å². The molecule has 0 saturated carbocycles. The van der Waals surface area contributed by atoms with Crippen molar-refractivity contribution in [3.63, 3.8) is 0 Å². The molecule has 5 nitrogen and oxygen atoms in total. The molecule has 0 radical (unpaired) electrons. The van der Waals surface area contributed by atoms with Gasteiger partial charge in [-0.2, -0.15) is 0 Å². The predicted octanol–water partition coefficient (Wildman–Crippen LogP) is 7.64. The number of rotatable bonds is 9. The smallest absolute Gasteiger partial charge is 0.348 e. The molecule has 0 fully saturated rings. The van der Waals surface area contributed by atoms with Crippen molar-refractivity contribution in [2.45, 2.75) is 20.1 Å². The maximum Gasteiger partial charge on any atom is 0.348 e. The van der Waals surface area contributed by atoms with E-state index in [0.29, 0.717) is 43.8 Å². The highest BCUT2D eigenvalue weighted by atomic mass is 127. The van der Waals surface area contributed by atoms with Gasteiger partial charge in [-0.15, -0.1) is 0 Å². The van der Waals surface area contributed by atoms with Gasteiger partial charge in [0.15, 0.2) is 0 Å². The van der Waals surface area contributed by atoms with Gasteiger partial charge in [0.25, 0.3) is 0 Å². The van der Waals surface area contributed by atoms with Crippen LogP contribution in [-0.4, -0.2) is 13.1 Å². The number of hydrogen-bond donors (Lipinski definition) is 0. The number of aryl methyl sites for hydroxylation is 1. The Morgan fingerprint density at radius 3 is 2.00 bits per heavy atom. The Hall–Kier alpha value is -3.23. The van der Waals surface area contributed by atoms with Crippen LogP contribution in [0.1, 0.15) is 27.0 Å². The summed E-state index contributed by atoms with van der Waals surface area (Å²) in [7, 11) is 1.51. The molecule has 0 N–H and O–H groups in total. The fourth-order valence-corrected chi connectivity index (χ4v) is 4.48. The van der Waals surface area contributed by atoms with Crippen molar-refractivity contribution in [1.29, 1.82) is 0 Å². The van der Waals surface area contributed by atoms with Crippen LogP contribution < -0.4 is 18.9 Å². The highest BCUT2D eigenvalue weighted by Crippen LogP contribution is 2.35. The van der Waals surface area contributed by atoms with Crippen LogP contribution in [0.2, 0.25) is 5.02 Å². The Balaban J connectivity index is 1.62. The summed E-state index contributed by atoms with van der Waals surface area (Å²) in [5, 5.41) is 0.471. The van der Waals surface area contributed by atoms with Crippen molar-refractivity contribution >= 4 is 40.2 Å². The van der Waals surface area contributed by atoms with Gasteiger partial charge in [-0.3, -0.25) is 0 Å². The minimum Gasteiger partial charge on any atom is -0.495 e. The molecule has 7 heteroatoms. The van der Waals surface area contributed by atoms with Gasteiger partial charge in [0.2, 0.25) is 0 Å². The van der Waals surface area contributed by atoms with Crippen LogP contribution in [0.25, 0.3) is 0 Å². The van der Waals surface area contributed by atoms with Crippen molar-refractivity contribution < 1.29 is 23.7 Å². The lowest BCUT2D eigenvalue weighted by molar-refractivity contribution is 0.0728. The van der Waals surface area contributed by atoms with Crippen LogP contribution in [0.4, 0.5) is 0 Å². The summed E-state index contributed by atoms with van der Waals surface area (Å²) in [6.45, 7) is 2.50. The van der Waals surface area contributed by atoms with Gasteiger partial charge >= 0.3 is 5.97 Å². The zero-order chi connectivity index (χ0) is 25.5. The third-order valence-electron chi connectivity index (χ3n) is 5.34. The van der Waals surface area contributed by atoms with Gasteiger partial charge in [0.05, 0.1) is 12.1 Å². The topological polar surface area (TPSA) is 54.0 Å². The summed E-state index contributed by atoms with van der Waals surface area (Å²) in [5.41, 5.74) is 3.05. The predicted molar refractivity (Wildman–Crippen MR) is 148 cm³/mol. The maximum absolute atomic E-state index is 13.3. The molecule has 0 bridgehead atoms. The number of benzene rings is 4. The first-order valence-electron chi connectivity index (χ1n) is 11.2. The van der Waals surface area contributed by atoms with E-state index in [1.54, 1.807) is 24.3 Å². The average Bonchev–Trinajstić information content (AvgIpc) is 2.89. The molecule has 0 heterocycles. The Morgan fingerprint density at radius 2 is 1.39 bits per heavy atom. The molecule has 4 rings (SSSR count). The van der Waals surface area contributed by atoms with Crippen molar-refractivity contribution in [2.75, 3.05) is 7.11 Å². The number of halogens is 2. The fraction of sp³-hybridized carbons (Fsp3) is 0.138. The van der Waals surface area contributed by atoms with Crippen molar-refractivity contribution in [2.24, 2.45) is 0 Å². The first kappa shape index (κ1) is 25.9. The lowest BCUT2D eigenvalue weighted by atomic mass is 10.1. The number of hydrogen-bond acceptors (Lipinski definition) is 5. The molecular weight excluding hydrogens is 591 g/mol.